The van der Waals surface area contributed by atoms with Crippen molar-refractivity contribution < 1.29 is 19.1 Å². The molecule has 0 aromatic rings. The van der Waals surface area contributed by atoms with Gasteiger partial charge >= 0.3 is 12.1 Å². The summed E-state index contributed by atoms with van der Waals surface area (Å²) in [6, 6.07) is 0. The van der Waals surface area contributed by atoms with Crippen molar-refractivity contribution in [1.29, 1.82) is 0 Å². The molecule has 0 atom stereocenters. The van der Waals surface area contributed by atoms with E-state index in [1.54, 1.807) is 0 Å². The van der Waals surface area contributed by atoms with Crippen LogP contribution in [0.25, 0.3) is 0 Å². The van der Waals surface area contributed by atoms with Gasteiger partial charge in [0.1, 0.15) is 5.60 Å². The lowest BCUT2D eigenvalue weighted by atomic mass is 9.69. The molecule has 0 saturated heterocycles. The Kier molecular flexibility index (Phi) is 4.06. The molecule has 0 aromatic carbocycles. The summed E-state index contributed by atoms with van der Waals surface area (Å²) in [5.74, 6) is 0.115. The van der Waals surface area contributed by atoms with Crippen molar-refractivity contribution in [3.63, 3.8) is 0 Å². The van der Waals surface area contributed by atoms with E-state index >= 15 is 0 Å². The average molecular weight is 281 g/mol. The number of nitrogens with one attached hydrogen (secondary N) is 1. The van der Waals surface area contributed by atoms with Crippen LogP contribution >= 0.6 is 0 Å². The molecule has 5 nitrogen and oxygen atoms in total. The highest BCUT2D eigenvalue weighted by molar-refractivity contribution is 5.91. The third kappa shape index (κ3) is 3.14. The highest BCUT2D eigenvalue weighted by atomic mass is 16.6. The number of alkyl carbamates (subject to hydrolysis) is 1. The Morgan fingerprint density at radius 3 is 2.15 bits per heavy atom. The first kappa shape index (κ1) is 14.9. The normalized spacial score (nSPS) is 25.4. The number of esters is 1. The fourth-order valence-electron chi connectivity index (χ4n) is 3.08. The Labute approximate surface area is 119 Å². The number of ether oxygens (including phenoxy) is 2. The fraction of sp³-hybridized carbons (Fsp3) is 0.733. The van der Waals surface area contributed by atoms with Crippen molar-refractivity contribution in [2.75, 3.05) is 7.11 Å². The van der Waals surface area contributed by atoms with Gasteiger partial charge in [0, 0.05) is 5.70 Å². The summed E-state index contributed by atoms with van der Waals surface area (Å²) >= 11 is 0. The zero-order valence-corrected chi connectivity index (χ0v) is 12.6. The first-order valence-corrected chi connectivity index (χ1v) is 7.14. The van der Waals surface area contributed by atoms with Gasteiger partial charge in [-0.15, -0.1) is 0 Å². The van der Waals surface area contributed by atoms with Gasteiger partial charge in [0.2, 0.25) is 0 Å². The number of fused-ring (bicyclic) bond motifs is 2. The largest absolute Gasteiger partial charge is 0.466 e. The highest BCUT2D eigenvalue weighted by Gasteiger charge is 2.39. The highest BCUT2D eigenvalue weighted by Crippen LogP contribution is 2.44. The third-order valence-corrected chi connectivity index (χ3v) is 3.87. The predicted octanol–water partition coefficient (Wildman–Crippen LogP) is 2.76. The van der Waals surface area contributed by atoms with Gasteiger partial charge in [-0.05, 0) is 58.3 Å². The van der Waals surface area contributed by atoms with Gasteiger partial charge in [0.25, 0.3) is 0 Å². The Balaban J connectivity index is 2.21. The van der Waals surface area contributed by atoms with Gasteiger partial charge in [0.05, 0.1) is 12.7 Å². The summed E-state index contributed by atoms with van der Waals surface area (Å²) in [5.41, 5.74) is 0.804. The zero-order valence-electron chi connectivity index (χ0n) is 12.6. The van der Waals surface area contributed by atoms with Gasteiger partial charge in [-0.3, -0.25) is 5.32 Å². The summed E-state index contributed by atoms with van der Waals surface area (Å²) in [4.78, 5) is 23.9. The molecule has 0 aromatic heterocycles. The number of methoxy groups -OCH3 is 1. The molecule has 112 valence electrons. The Bertz CT molecular complexity index is 439. The third-order valence-electron chi connectivity index (χ3n) is 3.87. The lowest BCUT2D eigenvalue weighted by Crippen LogP contribution is -2.40. The van der Waals surface area contributed by atoms with Crippen LogP contribution in [0.3, 0.4) is 0 Å². The fourth-order valence-corrected chi connectivity index (χ4v) is 3.08. The van der Waals surface area contributed by atoms with Crippen molar-refractivity contribution in [2.45, 2.75) is 52.1 Å². The van der Waals surface area contributed by atoms with Crippen LogP contribution in [-0.2, 0) is 14.3 Å². The van der Waals surface area contributed by atoms with Crippen LogP contribution in [0.15, 0.2) is 11.3 Å². The maximum absolute atomic E-state index is 12.0. The summed E-state index contributed by atoms with van der Waals surface area (Å²) < 4.78 is 10.1. The molecule has 3 aliphatic rings. The molecule has 1 saturated carbocycles. The van der Waals surface area contributed by atoms with Crippen LogP contribution in [0.1, 0.15) is 46.5 Å². The van der Waals surface area contributed by atoms with Crippen LogP contribution in [-0.4, -0.2) is 24.8 Å². The second-order valence-corrected chi connectivity index (χ2v) is 6.49. The minimum atomic E-state index is -0.552. The van der Waals surface area contributed by atoms with Crippen LogP contribution in [0.4, 0.5) is 4.79 Å². The standard InChI is InChI=1S/C15H23NO4/c1-15(2,3)20-14(18)16-12-10-7-5-9(6-8-10)11(12)13(17)19-4/h9-10H,5-8H2,1-4H3,(H,16,18). The number of hydrogen-bond acceptors (Lipinski definition) is 4. The van der Waals surface area contributed by atoms with Crippen molar-refractivity contribution in [2.24, 2.45) is 11.8 Å². The van der Waals surface area contributed by atoms with Crippen LogP contribution in [0, 0.1) is 11.8 Å². The quantitative estimate of drug-likeness (QED) is 0.790. The van der Waals surface area contributed by atoms with Crippen LogP contribution < -0.4 is 5.32 Å². The number of carbonyl (C=O) groups is 2. The van der Waals surface area contributed by atoms with E-state index in [0.29, 0.717) is 11.3 Å². The first-order chi connectivity index (χ1) is 9.31. The molecule has 1 amide bonds. The van der Waals surface area contributed by atoms with E-state index in [0.717, 1.165) is 25.7 Å². The SMILES string of the molecule is COC(=O)C1=C(NC(=O)OC(C)(C)C)C2CCC1CC2. The molecule has 3 rings (SSSR count). The molecular weight excluding hydrogens is 258 g/mol. The van der Waals surface area contributed by atoms with Gasteiger partial charge < -0.3 is 9.47 Å². The summed E-state index contributed by atoms with van der Waals surface area (Å²) in [7, 11) is 1.38. The van der Waals surface area contributed by atoms with Gasteiger partial charge in [-0.1, -0.05) is 0 Å². The summed E-state index contributed by atoms with van der Waals surface area (Å²) in [5, 5.41) is 2.79. The minimum absolute atomic E-state index is 0.206. The molecule has 0 unspecified atom stereocenters. The maximum atomic E-state index is 12.0. The number of allylic oxidation sites excluding steroid dienone is 1. The number of hydrogen-bond donors (Lipinski definition) is 1. The Morgan fingerprint density at radius 2 is 1.65 bits per heavy atom. The average Bonchev–Trinajstić information content (AvgIpc) is 2.37. The second kappa shape index (κ2) is 5.46. The molecule has 1 fully saturated rings. The van der Waals surface area contributed by atoms with E-state index in [-0.39, 0.29) is 17.8 Å². The molecular formula is C15H23NO4. The molecule has 3 aliphatic carbocycles. The summed E-state index contributed by atoms with van der Waals surface area (Å²) in [6.45, 7) is 5.44. The van der Waals surface area contributed by atoms with E-state index in [9.17, 15) is 9.59 Å². The molecule has 1 N–H and O–H groups in total. The number of carbonyl (C=O) groups excluding carboxylic acids is 2. The first-order valence-electron chi connectivity index (χ1n) is 7.14. The van der Waals surface area contributed by atoms with Crippen LogP contribution in [0.2, 0.25) is 0 Å². The van der Waals surface area contributed by atoms with E-state index < -0.39 is 11.7 Å². The zero-order chi connectivity index (χ0) is 14.9. The number of rotatable bonds is 2. The van der Waals surface area contributed by atoms with Gasteiger partial charge in [0.15, 0.2) is 0 Å². The predicted molar refractivity (Wildman–Crippen MR) is 73.9 cm³/mol. The smallest absolute Gasteiger partial charge is 0.411 e. The van der Waals surface area contributed by atoms with E-state index in [1.807, 2.05) is 20.8 Å². The molecule has 0 spiro atoms. The monoisotopic (exact) mass is 281 g/mol. The van der Waals surface area contributed by atoms with Crippen molar-refractivity contribution in [3.05, 3.63) is 11.3 Å². The molecule has 0 heterocycles. The minimum Gasteiger partial charge on any atom is -0.466 e. The molecule has 0 radical (unpaired) electrons. The van der Waals surface area contributed by atoms with E-state index in [1.165, 1.54) is 7.11 Å². The second-order valence-electron chi connectivity index (χ2n) is 6.49. The molecule has 5 heteroatoms. The topological polar surface area (TPSA) is 64.6 Å². The Hall–Kier alpha value is -1.52. The molecule has 0 aliphatic heterocycles. The van der Waals surface area contributed by atoms with Crippen molar-refractivity contribution >= 4 is 12.1 Å². The van der Waals surface area contributed by atoms with E-state index in [4.69, 9.17) is 9.47 Å². The lowest BCUT2D eigenvalue weighted by molar-refractivity contribution is -0.137. The van der Waals surface area contributed by atoms with E-state index in [2.05, 4.69) is 5.32 Å². The summed E-state index contributed by atoms with van der Waals surface area (Å²) in [6.07, 6.45) is 3.51. The van der Waals surface area contributed by atoms with Crippen molar-refractivity contribution in [1.82, 2.24) is 5.32 Å². The Morgan fingerprint density at radius 1 is 1.10 bits per heavy atom. The molecule has 2 bridgehead atoms. The molecule has 20 heavy (non-hydrogen) atoms. The number of amides is 1. The van der Waals surface area contributed by atoms with Gasteiger partial charge in [-0.25, -0.2) is 9.59 Å². The van der Waals surface area contributed by atoms with Crippen LogP contribution in [0.5, 0.6) is 0 Å². The van der Waals surface area contributed by atoms with Gasteiger partial charge in [-0.2, -0.15) is 0 Å². The maximum Gasteiger partial charge on any atom is 0.411 e. The lowest BCUT2D eigenvalue weighted by Gasteiger charge is -2.39. The van der Waals surface area contributed by atoms with Crippen molar-refractivity contribution in [3.8, 4) is 0 Å².